The van der Waals surface area contributed by atoms with Gasteiger partial charge >= 0.3 is 5.97 Å². The standard InChI is InChI=1S/C19H20N2O2/c1-4-14-9-10-17-18(19(22)23-12-11-20(2)3)15-7-5-6-8-16(15)21(17)13-14/h4-10,13H,1,11-12H2,2-3H3. The summed E-state index contributed by atoms with van der Waals surface area (Å²) in [7, 11) is 3.90. The maximum Gasteiger partial charge on any atom is 0.341 e. The second-order valence-electron chi connectivity index (χ2n) is 5.75. The van der Waals surface area contributed by atoms with Gasteiger partial charge in [0.1, 0.15) is 6.61 Å². The number of esters is 1. The number of carbonyl (C=O) groups is 1. The number of fused-ring (bicyclic) bond motifs is 3. The summed E-state index contributed by atoms with van der Waals surface area (Å²) in [5.74, 6) is -0.281. The van der Waals surface area contributed by atoms with Crippen molar-refractivity contribution in [2.24, 2.45) is 0 Å². The van der Waals surface area contributed by atoms with Gasteiger partial charge in [-0.05, 0) is 31.8 Å². The number of hydrogen-bond donors (Lipinski definition) is 0. The molecule has 23 heavy (non-hydrogen) atoms. The molecule has 0 aliphatic carbocycles. The lowest BCUT2D eigenvalue weighted by atomic mass is 10.1. The van der Waals surface area contributed by atoms with Gasteiger partial charge in [0.2, 0.25) is 0 Å². The van der Waals surface area contributed by atoms with Crippen molar-refractivity contribution < 1.29 is 9.53 Å². The number of pyridine rings is 1. The third kappa shape index (κ3) is 2.85. The molecule has 0 unspecified atom stereocenters. The van der Waals surface area contributed by atoms with Crippen molar-refractivity contribution in [3.05, 3.63) is 60.3 Å². The van der Waals surface area contributed by atoms with Crippen LogP contribution in [0.15, 0.2) is 49.2 Å². The maximum absolute atomic E-state index is 12.6. The fourth-order valence-electron chi connectivity index (χ4n) is 2.68. The van der Waals surface area contributed by atoms with Crippen molar-refractivity contribution in [3.8, 4) is 0 Å². The zero-order valence-corrected chi connectivity index (χ0v) is 13.5. The predicted octanol–water partition coefficient (Wildman–Crippen LogP) is 3.45. The van der Waals surface area contributed by atoms with E-state index in [0.717, 1.165) is 22.0 Å². The molecule has 0 atom stereocenters. The van der Waals surface area contributed by atoms with Gasteiger partial charge in [-0.2, -0.15) is 0 Å². The minimum Gasteiger partial charge on any atom is -0.461 e. The molecule has 0 bridgehead atoms. The van der Waals surface area contributed by atoms with Crippen molar-refractivity contribution >= 4 is 28.5 Å². The summed E-state index contributed by atoms with van der Waals surface area (Å²) in [5, 5.41) is 0.906. The van der Waals surface area contributed by atoms with E-state index < -0.39 is 0 Å². The lowest BCUT2D eigenvalue weighted by molar-refractivity contribution is 0.0486. The maximum atomic E-state index is 12.6. The van der Waals surface area contributed by atoms with Crippen molar-refractivity contribution in [2.45, 2.75) is 0 Å². The molecule has 118 valence electrons. The number of ether oxygens (including phenoxy) is 1. The number of para-hydroxylation sites is 1. The van der Waals surface area contributed by atoms with E-state index in [1.807, 2.05) is 66.0 Å². The Morgan fingerprint density at radius 1 is 1.22 bits per heavy atom. The van der Waals surface area contributed by atoms with Gasteiger partial charge in [0, 0.05) is 18.1 Å². The normalized spacial score (nSPS) is 11.3. The molecule has 0 radical (unpaired) electrons. The molecular weight excluding hydrogens is 288 g/mol. The number of nitrogens with zero attached hydrogens (tertiary/aromatic N) is 2. The Hall–Kier alpha value is -2.59. The summed E-state index contributed by atoms with van der Waals surface area (Å²) in [4.78, 5) is 14.6. The van der Waals surface area contributed by atoms with Gasteiger partial charge in [0.15, 0.2) is 0 Å². The molecule has 0 N–H and O–H groups in total. The van der Waals surface area contributed by atoms with E-state index in [4.69, 9.17) is 4.74 Å². The third-order valence-corrected chi connectivity index (χ3v) is 3.87. The smallest absolute Gasteiger partial charge is 0.341 e. The van der Waals surface area contributed by atoms with Crippen LogP contribution in [-0.2, 0) is 4.74 Å². The quantitative estimate of drug-likeness (QED) is 0.677. The first-order chi connectivity index (χ1) is 11.1. The number of carbonyl (C=O) groups excluding carboxylic acids is 1. The Bertz CT molecular complexity index is 878. The van der Waals surface area contributed by atoms with Crippen molar-refractivity contribution in [3.63, 3.8) is 0 Å². The van der Waals surface area contributed by atoms with Crippen LogP contribution in [-0.4, -0.2) is 42.5 Å². The molecule has 1 aromatic carbocycles. The van der Waals surface area contributed by atoms with Crippen LogP contribution in [0.1, 0.15) is 15.9 Å². The van der Waals surface area contributed by atoms with Crippen LogP contribution in [0.5, 0.6) is 0 Å². The van der Waals surface area contributed by atoms with Crippen molar-refractivity contribution in [2.75, 3.05) is 27.2 Å². The minimum atomic E-state index is -0.281. The molecule has 0 amide bonds. The third-order valence-electron chi connectivity index (χ3n) is 3.87. The van der Waals surface area contributed by atoms with Crippen LogP contribution in [0.4, 0.5) is 0 Å². The van der Waals surface area contributed by atoms with E-state index in [-0.39, 0.29) is 5.97 Å². The van der Waals surface area contributed by atoms with E-state index in [1.54, 1.807) is 6.08 Å². The summed E-state index contributed by atoms with van der Waals surface area (Å²) in [6, 6.07) is 11.8. The Morgan fingerprint density at radius 2 is 2.00 bits per heavy atom. The number of aromatic nitrogens is 1. The topological polar surface area (TPSA) is 34.0 Å². The average molecular weight is 308 g/mol. The summed E-state index contributed by atoms with van der Waals surface area (Å²) < 4.78 is 7.48. The van der Waals surface area contributed by atoms with E-state index in [9.17, 15) is 4.79 Å². The zero-order chi connectivity index (χ0) is 16.4. The molecule has 4 nitrogen and oxygen atoms in total. The Kier molecular flexibility index (Phi) is 4.17. The zero-order valence-electron chi connectivity index (χ0n) is 13.5. The van der Waals surface area contributed by atoms with E-state index >= 15 is 0 Å². The first-order valence-electron chi connectivity index (χ1n) is 7.59. The average Bonchev–Trinajstić information content (AvgIpc) is 2.88. The van der Waals surface area contributed by atoms with Gasteiger partial charge in [-0.15, -0.1) is 0 Å². The molecule has 0 aliphatic heterocycles. The summed E-state index contributed by atoms with van der Waals surface area (Å²) >= 11 is 0. The van der Waals surface area contributed by atoms with Gasteiger partial charge < -0.3 is 14.0 Å². The molecule has 3 rings (SSSR count). The van der Waals surface area contributed by atoms with Gasteiger partial charge in [0.25, 0.3) is 0 Å². The predicted molar refractivity (Wildman–Crippen MR) is 93.8 cm³/mol. The molecule has 0 fully saturated rings. The SMILES string of the molecule is C=Cc1ccc2c(C(=O)OCCN(C)C)c3ccccc3n2c1. The fraction of sp³-hybridized carbons (Fsp3) is 0.211. The first kappa shape index (κ1) is 15.3. The Labute approximate surface area is 135 Å². The van der Waals surface area contributed by atoms with Crippen molar-refractivity contribution in [1.82, 2.24) is 9.30 Å². The highest BCUT2D eigenvalue weighted by Gasteiger charge is 2.19. The summed E-state index contributed by atoms with van der Waals surface area (Å²) in [5.41, 5.74) is 3.47. The largest absolute Gasteiger partial charge is 0.461 e. The second-order valence-corrected chi connectivity index (χ2v) is 5.75. The van der Waals surface area contributed by atoms with Crippen LogP contribution in [0.2, 0.25) is 0 Å². The van der Waals surface area contributed by atoms with Crippen LogP contribution >= 0.6 is 0 Å². The van der Waals surface area contributed by atoms with Crippen LogP contribution in [0.3, 0.4) is 0 Å². The van der Waals surface area contributed by atoms with Gasteiger partial charge in [-0.3, -0.25) is 0 Å². The molecule has 3 aromatic rings. The van der Waals surface area contributed by atoms with E-state index in [0.29, 0.717) is 18.7 Å². The first-order valence-corrected chi connectivity index (χ1v) is 7.59. The lowest BCUT2D eigenvalue weighted by Gasteiger charge is -2.09. The van der Waals surface area contributed by atoms with Crippen molar-refractivity contribution in [1.29, 1.82) is 0 Å². The number of benzene rings is 1. The van der Waals surface area contributed by atoms with Crippen LogP contribution in [0.25, 0.3) is 22.5 Å². The van der Waals surface area contributed by atoms with E-state index in [2.05, 4.69) is 6.58 Å². The monoisotopic (exact) mass is 308 g/mol. The van der Waals surface area contributed by atoms with Gasteiger partial charge in [0.05, 0.1) is 16.6 Å². The Morgan fingerprint density at radius 3 is 2.74 bits per heavy atom. The van der Waals surface area contributed by atoms with E-state index in [1.165, 1.54) is 0 Å². The fourth-order valence-corrected chi connectivity index (χ4v) is 2.68. The molecule has 0 aliphatic rings. The lowest BCUT2D eigenvalue weighted by Crippen LogP contribution is -2.20. The number of likely N-dealkylation sites (N-methyl/N-ethyl adjacent to an activating group) is 1. The minimum absolute atomic E-state index is 0.281. The molecule has 2 aromatic heterocycles. The molecule has 0 saturated heterocycles. The highest BCUT2D eigenvalue weighted by molar-refractivity contribution is 6.11. The second kappa shape index (κ2) is 6.26. The highest BCUT2D eigenvalue weighted by atomic mass is 16.5. The molecule has 4 heteroatoms. The molecular formula is C19H20N2O2. The van der Waals surface area contributed by atoms with Crippen LogP contribution in [0, 0.1) is 0 Å². The number of hydrogen-bond acceptors (Lipinski definition) is 3. The van der Waals surface area contributed by atoms with Gasteiger partial charge in [-0.1, -0.05) is 36.9 Å². The highest BCUT2D eigenvalue weighted by Crippen LogP contribution is 2.28. The number of rotatable bonds is 5. The molecule has 0 spiro atoms. The molecule has 0 saturated carbocycles. The molecule has 2 heterocycles. The Balaban J connectivity index is 2.10. The van der Waals surface area contributed by atoms with Crippen LogP contribution < -0.4 is 0 Å². The summed E-state index contributed by atoms with van der Waals surface area (Å²) in [6.07, 6.45) is 3.78. The van der Waals surface area contributed by atoms with Gasteiger partial charge in [-0.25, -0.2) is 4.79 Å². The summed E-state index contributed by atoms with van der Waals surface area (Å²) in [6.45, 7) is 4.89.